The molecular weight excluding hydrogens is 685 g/mol. The third-order valence-corrected chi connectivity index (χ3v) is 17.0. The fourth-order valence-corrected chi connectivity index (χ4v) is 12.9. The average molecular weight is 751 g/mol. The van der Waals surface area contributed by atoms with Gasteiger partial charge in [0.15, 0.2) is 0 Å². The van der Waals surface area contributed by atoms with Crippen LogP contribution in [-0.4, -0.2) is 75.2 Å². The Bertz CT molecular complexity index is 1530. The number of carboxylic acid groups (broad SMARTS) is 1. The van der Waals surface area contributed by atoms with Gasteiger partial charge in [-0.1, -0.05) is 66.5 Å². The smallest absolute Gasteiger partial charge is 0.323 e. The van der Waals surface area contributed by atoms with Gasteiger partial charge in [0.05, 0.1) is 24.9 Å². The Hall–Kier alpha value is -2.02. The van der Waals surface area contributed by atoms with Crippen LogP contribution in [0.3, 0.4) is 0 Å². The first-order valence-corrected chi connectivity index (χ1v) is 21.4. The molecule has 4 N–H and O–H groups in total. The predicted molar refractivity (Wildman–Crippen MR) is 198 cm³/mol. The number of carboxylic acids is 1. The Kier molecular flexibility index (Phi) is 11.5. The number of carbonyl (C=O) groups excluding carboxylic acids is 2. The number of esters is 2. The second-order valence-electron chi connectivity index (χ2n) is 18.5. The van der Waals surface area contributed by atoms with Crippen molar-refractivity contribution in [3.05, 3.63) is 11.6 Å². The Morgan fingerprint density at radius 3 is 2.35 bits per heavy atom. The lowest BCUT2D eigenvalue weighted by atomic mass is 9.34. The quantitative estimate of drug-likeness (QED) is 0.118. The average Bonchev–Trinajstić information content (AvgIpc) is 3.05. The highest BCUT2D eigenvalue weighted by Crippen LogP contribution is 2.75. The zero-order chi connectivity index (χ0) is 38.7. The lowest BCUT2D eigenvalue weighted by Gasteiger charge is -2.71. The highest BCUT2D eigenvalue weighted by molar-refractivity contribution is 7.89. The number of unbranched alkanes of at least 4 members (excludes halogenated alkanes) is 1. The number of sulfonamides is 1. The first kappa shape index (κ1) is 41.1. The van der Waals surface area contributed by atoms with E-state index in [0.29, 0.717) is 51.2 Å². The monoisotopic (exact) mass is 750 g/mol. The van der Waals surface area contributed by atoms with Gasteiger partial charge in [0.1, 0.15) is 18.2 Å². The molecule has 1 heterocycles. The fourth-order valence-electron chi connectivity index (χ4n) is 12.3. The van der Waals surface area contributed by atoms with Gasteiger partial charge >= 0.3 is 17.9 Å². The van der Waals surface area contributed by atoms with Gasteiger partial charge in [0, 0.05) is 24.3 Å². The largest absolute Gasteiger partial charge is 0.481 e. The normalized spacial score (nSPS) is 41.1. The fraction of sp³-hybridized carbons (Fsp3) is 0.875. The van der Waals surface area contributed by atoms with Crippen molar-refractivity contribution in [1.29, 1.82) is 0 Å². The maximum absolute atomic E-state index is 13.6. The van der Waals surface area contributed by atoms with Gasteiger partial charge in [-0.25, -0.2) is 13.1 Å². The Balaban J connectivity index is 1.43. The van der Waals surface area contributed by atoms with E-state index in [1.54, 1.807) is 6.92 Å². The number of nitrogens with one attached hydrogen (secondary N) is 1. The summed E-state index contributed by atoms with van der Waals surface area (Å²) in [5, 5.41) is 11.0. The zero-order valence-corrected chi connectivity index (χ0v) is 33.9. The molecule has 52 heavy (non-hydrogen) atoms. The van der Waals surface area contributed by atoms with E-state index in [9.17, 15) is 27.9 Å². The van der Waals surface area contributed by atoms with Crippen molar-refractivity contribution in [1.82, 2.24) is 4.72 Å². The number of nitrogens with two attached hydrogens (primary N) is 1. The van der Waals surface area contributed by atoms with Crippen LogP contribution >= 0.6 is 0 Å². The maximum Gasteiger partial charge on any atom is 0.323 e. The van der Waals surface area contributed by atoms with Crippen LogP contribution in [0.4, 0.5) is 0 Å². The van der Waals surface area contributed by atoms with Crippen LogP contribution in [0.15, 0.2) is 11.6 Å². The molecule has 0 spiro atoms. The number of hydrogen-bond acceptors (Lipinski definition) is 9. The van der Waals surface area contributed by atoms with E-state index < -0.39 is 68.3 Å². The van der Waals surface area contributed by atoms with Crippen LogP contribution in [0.5, 0.6) is 0 Å². The van der Waals surface area contributed by atoms with E-state index in [1.807, 2.05) is 0 Å². The topological polar surface area (TPSA) is 171 Å². The number of aliphatic carboxylic acids is 1. The van der Waals surface area contributed by atoms with Crippen LogP contribution < -0.4 is 10.5 Å². The molecule has 296 valence electrons. The molecule has 1 unspecified atom stereocenters. The summed E-state index contributed by atoms with van der Waals surface area (Å²) in [6, 6.07) is -0.910. The van der Waals surface area contributed by atoms with Crippen LogP contribution in [0.1, 0.15) is 120 Å². The lowest BCUT2D eigenvalue weighted by Crippen LogP contribution is -2.70. The summed E-state index contributed by atoms with van der Waals surface area (Å²) in [5.74, 6) is -1.32. The number of rotatable bonds is 13. The van der Waals surface area contributed by atoms with Crippen molar-refractivity contribution in [2.75, 3.05) is 25.5 Å². The molecule has 2 bridgehead atoms. The summed E-state index contributed by atoms with van der Waals surface area (Å²) < 4.78 is 44.8. The van der Waals surface area contributed by atoms with E-state index in [1.165, 1.54) is 12.5 Å². The minimum atomic E-state index is -3.29. The molecule has 3 saturated carbocycles. The number of hydrogen-bond donors (Lipinski definition) is 3. The van der Waals surface area contributed by atoms with Crippen LogP contribution in [0, 0.1) is 56.7 Å². The van der Waals surface area contributed by atoms with Crippen molar-refractivity contribution in [2.24, 2.45) is 62.4 Å². The van der Waals surface area contributed by atoms with E-state index >= 15 is 0 Å². The van der Waals surface area contributed by atoms with Gasteiger partial charge in [-0.05, 0) is 98.2 Å². The molecule has 0 amide bonds. The maximum atomic E-state index is 13.6. The van der Waals surface area contributed by atoms with E-state index in [4.69, 9.17) is 19.9 Å². The van der Waals surface area contributed by atoms with Crippen LogP contribution in [0.25, 0.3) is 0 Å². The molecule has 4 aliphatic carbocycles. The van der Waals surface area contributed by atoms with Crippen molar-refractivity contribution in [3.8, 4) is 0 Å². The number of ether oxygens (including phenoxy) is 3. The SMILES string of the molecule is CCS(=O)(=O)NCCCCC(N)C(=O)O[C@H]1[C@H](OC(C)=O)C[C@@]23COC[C@@]1(C)[C@@H]2CC[C@H]1C3=CC[C@@]2(C)[C@H](C(=O)O)[C@@](C)([C@H](C)C(C)C)CC[C@]12C. The van der Waals surface area contributed by atoms with Gasteiger partial charge in [-0.2, -0.15) is 0 Å². The molecule has 0 aromatic carbocycles. The summed E-state index contributed by atoms with van der Waals surface area (Å²) in [7, 11) is -3.29. The minimum Gasteiger partial charge on any atom is -0.481 e. The summed E-state index contributed by atoms with van der Waals surface area (Å²) >= 11 is 0. The summed E-state index contributed by atoms with van der Waals surface area (Å²) in [6.07, 6.45) is 6.98. The number of carbonyl (C=O) groups is 3. The number of allylic oxidation sites excluding steroid dienone is 1. The summed E-state index contributed by atoms with van der Waals surface area (Å²) in [5.41, 5.74) is 5.51. The lowest BCUT2D eigenvalue weighted by molar-refractivity contribution is -0.263. The molecule has 12 atom stereocenters. The zero-order valence-electron chi connectivity index (χ0n) is 33.1. The Morgan fingerprint density at radius 1 is 1.04 bits per heavy atom. The van der Waals surface area contributed by atoms with Gasteiger partial charge in [0.2, 0.25) is 10.0 Å². The van der Waals surface area contributed by atoms with Crippen molar-refractivity contribution in [2.45, 2.75) is 138 Å². The predicted octanol–water partition coefficient (Wildman–Crippen LogP) is 5.86. The molecule has 0 aromatic rings. The van der Waals surface area contributed by atoms with Gasteiger partial charge < -0.3 is 25.1 Å². The molecule has 4 fully saturated rings. The molecular formula is C40H66N2O9S. The molecule has 1 aliphatic heterocycles. The van der Waals surface area contributed by atoms with Crippen LogP contribution in [-0.2, 0) is 38.6 Å². The van der Waals surface area contributed by atoms with E-state index in [-0.39, 0.29) is 40.9 Å². The second-order valence-corrected chi connectivity index (χ2v) is 20.6. The first-order valence-electron chi connectivity index (χ1n) is 19.7. The van der Waals surface area contributed by atoms with Crippen LogP contribution in [0.2, 0.25) is 0 Å². The molecule has 0 aromatic heterocycles. The van der Waals surface area contributed by atoms with Gasteiger partial charge in [-0.15, -0.1) is 0 Å². The summed E-state index contributed by atoms with van der Waals surface area (Å²) in [6.45, 7) is 19.6. The standard InChI is InChI=1S/C40H66N2O9S/c1-10-52(47,48)42-20-12-11-13-29(41)35(46)51-33-30(50-26(5)43)21-40-23-49-22-37(33,7)31(40)15-14-27-28(40)16-17-39(9)32(34(44)45)36(6,25(4)24(2)3)18-19-38(27,39)8/h16,24-25,27,29-33,42H,10-15,17-23,41H2,1-9H3,(H,44,45)/t25-,27+,29?,30-,31+,32-,33+,36-,37+,38-,39+,40+/m1/s1. The van der Waals surface area contributed by atoms with E-state index in [0.717, 1.165) is 25.7 Å². The second kappa shape index (κ2) is 14.6. The third kappa shape index (κ3) is 6.67. The molecule has 1 saturated heterocycles. The highest BCUT2D eigenvalue weighted by Gasteiger charge is 2.72. The Labute approximate surface area is 312 Å². The van der Waals surface area contributed by atoms with Gasteiger partial charge in [0.25, 0.3) is 0 Å². The molecule has 0 radical (unpaired) electrons. The Morgan fingerprint density at radius 2 is 1.73 bits per heavy atom. The first-order chi connectivity index (χ1) is 24.1. The molecule has 5 rings (SSSR count). The summed E-state index contributed by atoms with van der Waals surface area (Å²) in [4.78, 5) is 39.6. The van der Waals surface area contributed by atoms with E-state index in [2.05, 4.69) is 59.3 Å². The highest BCUT2D eigenvalue weighted by atomic mass is 32.2. The van der Waals surface area contributed by atoms with Crippen molar-refractivity contribution >= 4 is 27.9 Å². The number of fused-ring (bicyclic) bond motifs is 3. The molecule has 5 aliphatic rings. The minimum absolute atomic E-state index is 0.00753. The van der Waals surface area contributed by atoms with Crippen molar-refractivity contribution < 1.29 is 42.1 Å². The van der Waals surface area contributed by atoms with Gasteiger partial charge in [-0.3, -0.25) is 14.4 Å². The third-order valence-electron chi connectivity index (χ3n) is 15.6. The molecule has 12 heteroatoms. The van der Waals surface area contributed by atoms with Crippen molar-refractivity contribution in [3.63, 3.8) is 0 Å². The molecule has 11 nitrogen and oxygen atoms in total.